The van der Waals surface area contributed by atoms with E-state index in [1.807, 2.05) is 0 Å². The molecule has 9 nitrogen and oxygen atoms in total. The minimum atomic E-state index is -0.565. The summed E-state index contributed by atoms with van der Waals surface area (Å²) in [5.74, 6) is 0.554. The average molecular weight is 436 g/mol. The van der Waals surface area contributed by atoms with Gasteiger partial charge in [-0.05, 0) is 55.6 Å². The summed E-state index contributed by atoms with van der Waals surface area (Å²) in [6.45, 7) is 4.45. The van der Waals surface area contributed by atoms with E-state index in [1.54, 1.807) is 24.3 Å². The molecule has 1 aromatic heterocycles. The highest BCUT2D eigenvalue weighted by atomic mass is 16.6. The number of carbonyl (C=O) groups excluding carboxylic acids is 1. The van der Waals surface area contributed by atoms with Crippen molar-refractivity contribution in [2.75, 3.05) is 30.3 Å². The highest BCUT2D eigenvalue weighted by Gasteiger charge is 2.18. The molecule has 1 aliphatic rings. The van der Waals surface area contributed by atoms with Gasteiger partial charge in [0.25, 0.3) is 5.69 Å². The first-order chi connectivity index (χ1) is 15.4. The van der Waals surface area contributed by atoms with Crippen molar-refractivity contribution in [3.8, 4) is 0 Å². The van der Waals surface area contributed by atoms with Gasteiger partial charge in [0.15, 0.2) is 0 Å². The van der Waals surface area contributed by atoms with Crippen LogP contribution in [0.1, 0.15) is 19.8 Å². The van der Waals surface area contributed by atoms with Crippen molar-refractivity contribution in [1.29, 1.82) is 0 Å². The first-order valence-electron chi connectivity index (χ1n) is 10.5. The van der Waals surface area contributed by atoms with Crippen LogP contribution >= 0.6 is 0 Å². The van der Waals surface area contributed by atoms with Crippen LogP contribution in [0.15, 0.2) is 57.7 Å². The fourth-order valence-electron chi connectivity index (χ4n) is 3.99. The Morgan fingerprint density at radius 3 is 2.66 bits per heavy atom. The molecule has 1 fully saturated rings. The number of likely N-dealkylation sites (tertiary alicyclic amines) is 1. The van der Waals surface area contributed by atoms with Gasteiger partial charge in [0.1, 0.15) is 5.58 Å². The van der Waals surface area contributed by atoms with Crippen molar-refractivity contribution in [3.05, 3.63) is 69.1 Å². The van der Waals surface area contributed by atoms with Crippen molar-refractivity contribution in [2.45, 2.75) is 19.8 Å². The zero-order valence-electron chi connectivity index (χ0n) is 17.7. The molecule has 2 aromatic carbocycles. The number of carbonyl (C=O) groups is 1. The SMILES string of the molecule is C[C@H]1CCCN(CC(=O)Nc2ccc(Nc3cc(=O)oc4ccc([N+](=O)[O-])cc34)cc2)C1. The van der Waals surface area contributed by atoms with Crippen LogP contribution in [0.5, 0.6) is 0 Å². The van der Waals surface area contributed by atoms with Crippen LogP contribution in [-0.2, 0) is 4.79 Å². The van der Waals surface area contributed by atoms with E-state index in [-0.39, 0.29) is 17.2 Å². The number of rotatable bonds is 6. The first-order valence-corrected chi connectivity index (χ1v) is 10.5. The van der Waals surface area contributed by atoms with Gasteiger partial charge in [0, 0.05) is 41.5 Å². The summed E-state index contributed by atoms with van der Waals surface area (Å²) in [6, 6.07) is 12.3. The molecule has 0 aliphatic carbocycles. The molecule has 1 amide bonds. The van der Waals surface area contributed by atoms with E-state index in [4.69, 9.17) is 4.42 Å². The van der Waals surface area contributed by atoms with Crippen LogP contribution in [0.3, 0.4) is 0 Å². The van der Waals surface area contributed by atoms with E-state index in [2.05, 4.69) is 22.5 Å². The van der Waals surface area contributed by atoms with Crippen molar-refractivity contribution in [1.82, 2.24) is 4.90 Å². The maximum atomic E-state index is 12.4. The molecule has 3 aromatic rings. The molecule has 2 N–H and O–H groups in total. The normalized spacial score (nSPS) is 16.6. The third-order valence-electron chi connectivity index (χ3n) is 5.49. The number of hydrogen-bond acceptors (Lipinski definition) is 7. The number of non-ortho nitro benzene ring substituents is 1. The average Bonchev–Trinajstić information content (AvgIpc) is 2.74. The lowest BCUT2D eigenvalue weighted by Gasteiger charge is -2.30. The van der Waals surface area contributed by atoms with Crippen molar-refractivity contribution in [3.63, 3.8) is 0 Å². The van der Waals surface area contributed by atoms with Crippen molar-refractivity contribution >= 4 is 39.6 Å². The molecule has 2 heterocycles. The number of nitro benzene ring substituents is 1. The van der Waals surface area contributed by atoms with Crippen molar-refractivity contribution < 1.29 is 14.1 Å². The van der Waals surface area contributed by atoms with E-state index in [9.17, 15) is 19.7 Å². The Hall–Kier alpha value is -3.72. The molecule has 166 valence electrons. The lowest BCUT2D eigenvalue weighted by Crippen LogP contribution is -2.39. The molecule has 32 heavy (non-hydrogen) atoms. The molecule has 0 saturated carbocycles. The van der Waals surface area contributed by atoms with E-state index in [1.165, 1.54) is 30.7 Å². The molecular weight excluding hydrogens is 412 g/mol. The third-order valence-corrected chi connectivity index (χ3v) is 5.49. The highest BCUT2D eigenvalue weighted by Crippen LogP contribution is 2.29. The molecule has 1 saturated heterocycles. The Kier molecular flexibility index (Phi) is 6.18. The number of piperidine rings is 1. The van der Waals surface area contributed by atoms with E-state index < -0.39 is 10.5 Å². The summed E-state index contributed by atoms with van der Waals surface area (Å²) in [5.41, 5.74) is 1.31. The van der Waals surface area contributed by atoms with Crippen LogP contribution in [0.25, 0.3) is 11.0 Å². The predicted molar refractivity (Wildman–Crippen MR) is 122 cm³/mol. The summed E-state index contributed by atoms with van der Waals surface area (Å²) in [6.07, 6.45) is 2.32. The summed E-state index contributed by atoms with van der Waals surface area (Å²) in [7, 11) is 0. The quantitative estimate of drug-likeness (QED) is 0.339. The van der Waals surface area contributed by atoms with Gasteiger partial charge >= 0.3 is 5.63 Å². The molecule has 0 unspecified atom stereocenters. The molecular formula is C23H24N4O5. The molecule has 1 aliphatic heterocycles. The summed E-state index contributed by atoms with van der Waals surface area (Å²) in [5, 5.41) is 17.5. The second-order valence-electron chi connectivity index (χ2n) is 8.15. The Labute approximate surface area is 184 Å². The van der Waals surface area contributed by atoms with Gasteiger partial charge in [0.2, 0.25) is 5.91 Å². The third kappa shape index (κ3) is 5.12. The van der Waals surface area contributed by atoms with Crippen LogP contribution in [0, 0.1) is 16.0 Å². The Morgan fingerprint density at radius 1 is 1.19 bits per heavy atom. The Balaban J connectivity index is 1.46. The predicted octanol–water partition coefficient (Wildman–Crippen LogP) is 4.12. The largest absolute Gasteiger partial charge is 0.423 e. The van der Waals surface area contributed by atoms with Gasteiger partial charge in [-0.25, -0.2) is 4.79 Å². The van der Waals surface area contributed by atoms with E-state index in [0.29, 0.717) is 34.9 Å². The minimum Gasteiger partial charge on any atom is -0.423 e. The zero-order chi connectivity index (χ0) is 22.7. The van der Waals surface area contributed by atoms with Crippen molar-refractivity contribution in [2.24, 2.45) is 5.92 Å². The van der Waals surface area contributed by atoms with Crippen LogP contribution in [-0.4, -0.2) is 35.4 Å². The van der Waals surface area contributed by atoms with E-state index in [0.717, 1.165) is 19.5 Å². The number of nitro groups is 1. The van der Waals surface area contributed by atoms with E-state index >= 15 is 0 Å². The van der Waals surface area contributed by atoms with Gasteiger partial charge in [-0.2, -0.15) is 0 Å². The summed E-state index contributed by atoms with van der Waals surface area (Å²) >= 11 is 0. The monoisotopic (exact) mass is 436 g/mol. The topological polar surface area (TPSA) is 118 Å². The van der Waals surface area contributed by atoms with Crippen LogP contribution in [0.4, 0.5) is 22.7 Å². The second-order valence-corrected chi connectivity index (χ2v) is 8.15. The number of fused-ring (bicyclic) bond motifs is 1. The smallest absolute Gasteiger partial charge is 0.338 e. The maximum Gasteiger partial charge on any atom is 0.338 e. The molecule has 0 bridgehead atoms. The van der Waals surface area contributed by atoms with Crippen LogP contribution in [0.2, 0.25) is 0 Å². The molecule has 1 atom stereocenters. The van der Waals surface area contributed by atoms with Gasteiger partial charge in [-0.3, -0.25) is 19.8 Å². The number of anilines is 3. The second kappa shape index (κ2) is 9.19. The number of amides is 1. The van der Waals surface area contributed by atoms with Gasteiger partial charge in [-0.1, -0.05) is 6.92 Å². The standard InChI is InChI=1S/C23H24N4O5/c1-15-3-2-10-26(13-15)14-22(28)25-17-6-4-16(5-7-17)24-20-12-23(29)32-21-9-8-18(27(30)31)11-19(20)21/h4-9,11-12,15,24H,2-3,10,13-14H2,1H3,(H,25,28)/t15-/m0/s1. The number of benzene rings is 2. The fraction of sp³-hybridized carbons (Fsp3) is 0.304. The summed E-state index contributed by atoms with van der Waals surface area (Å²) in [4.78, 5) is 37.0. The Bertz CT molecular complexity index is 1210. The molecule has 9 heteroatoms. The lowest BCUT2D eigenvalue weighted by atomic mass is 10.0. The highest BCUT2D eigenvalue weighted by molar-refractivity contribution is 5.94. The minimum absolute atomic E-state index is 0.0567. The fourth-order valence-corrected chi connectivity index (χ4v) is 3.99. The number of nitrogens with zero attached hydrogens (tertiary/aromatic N) is 2. The Morgan fingerprint density at radius 2 is 1.94 bits per heavy atom. The molecule has 0 spiro atoms. The summed E-state index contributed by atoms with van der Waals surface area (Å²) < 4.78 is 5.14. The van der Waals surface area contributed by atoms with Gasteiger partial charge in [-0.15, -0.1) is 0 Å². The lowest BCUT2D eigenvalue weighted by molar-refractivity contribution is -0.384. The van der Waals surface area contributed by atoms with Gasteiger partial charge < -0.3 is 15.1 Å². The zero-order valence-corrected chi connectivity index (χ0v) is 17.7. The number of hydrogen-bond donors (Lipinski definition) is 2. The van der Waals surface area contributed by atoms with Gasteiger partial charge in [0.05, 0.1) is 17.2 Å². The molecule has 0 radical (unpaired) electrons. The maximum absolute atomic E-state index is 12.4. The number of nitrogens with one attached hydrogen (secondary N) is 2. The van der Waals surface area contributed by atoms with Crippen LogP contribution < -0.4 is 16.3 Å². The molecule has 4 rings (SSSR count). The first kappa shape index (κ1) is 21.5.